The minimum Gasteiger partial charge on any atom is -0.335 e. The van der Waals surface area contributed by atoms with Crippen LogP contribution in [-0.4, -0.2) is 35.2 Å². The zero-order chi connectivity index (χ0) is 8.39. The third-order valence-corrected chi connectivity index (χ3v) is 1.98. The second kappa shape index (κ2) is 4.39. The molecule has 0 spiro atoms. The summed E-state index contributed by atoms with van der Waals surface area (Å²) in [5, 5.41) is 3.58. The van der Waals surface area contributed by atoms with Crippen LogP contribution in [0.1, 0.15) is 12.3 Å². The highest BCUT2D eigenvalue weighted by atomic mass is 35.5. The van der Waals surface area contributed by atoms with Gasteiger partial charge < -0.3 is 9.42 Å². The lowest BCUT2D eigenvalue weighted by molar-refractivity contribution is 0.357. The monoisotopic (exact) mass is 201 g/mol. The largest absolute Gasteiger partial charge is 0.335 e. The third-order valence-electron chi connectivity index (χ3n) is 1.98. The van der Waals surface area contributed by atoms with Crippen molar-refractivity contribution in [1.82, 2.24) is 15.0 Å². The summed E-state index contributed by atoms with van der Waals surface area (Å²) in [7, 11) is 2.09. The average molecular weight is 202 g/mol. The Kier molecular flexibility index (Phi) is 3.45. The molecule has 0 atom stereocenters. The number of aromatic nitrogens is 2. The van der Waals surface area contributed by atoms with Crippen molar-refractivity contribution in [1.29, 1.82) is 0 Å². The van der Waals surface area contributed by atoms with Gasteiger partial charge in [-0.25, -0.2) is 0 Å². The van der Waals surface area contributed by atoms with E-state index in [2.05, 4.69) is 28.2 Å². The summed E-state index contributed by atoms with van der Waals surface area (Å²) < 4.78 is 4.97. The fraction of sp³-hybridized carbons (Fsp3) is 0.500. The summed E-state index contributed by atoms with van der Waals surface area (Å²) in [6, 6.07) is 0. The van der Waals surface area contributed by atoms with Gasteiger partial charge in [-0.1, -0.05) is 11.2 Å². The van der Waals surface area contributed by atoms with E-state index >= 15 is 0 Å². The molecule has 13 heavy (non-hydrogen) atoms. The average Bonchev–Trinajstić information content (AvgIpc) is 2.56. The van der Waals surface area contributed by atoms with Gasteiger partial charge in [0.05, 0.1) is 0 Å². The Bertz CT molecular complexity index is 284. The van der Waals surface area contributed by atoms with E-state index in [1.807, 2.05) is 0 Å². The first-order chi connectivity index (χ1) is 5.86. The van der Waals surface area contributed by atoms with Crippen molar-refractivity contribution in [2.24, 2.45) is 0 Å². The van der Waals surface area contributed by atoms with Gasteiger partial charge >= 0.3 is 0 Å². The highest BCUT2D eigenvalue weighted by Crippen LogP contribution is 2.16. The molecule has 0 aromatic carbocycles. The van der Waals surface area contributed by atoms with E-state index in [0.717, 1.165) is 25.1 Å². The quantitative estimate of drug-likeness (QED) is 0.685. The molecule has 0 radical (unpaired) electrons. The predicted octanol–water partition coefficient (Wildman–Crippen LogP) is 1.21. The molecule has 2 heterocycles. The van der Waals surface area contributed by atoms with Crippen LogP contribution >= 0.6 is 12.4 Å². The summed E-state index contributed by atoms with van der Waals surface area (Å²) in [6.07, 6.45) is 4.66. The van der Waals surface area contributed by atoms with Crippen LogP contribution in [0.15, 0.2) is 16.9 Å². The Balaban J connectivity index is 0.000000845. The topological polar surface area (TPSA) is 42.2 Å². The van der Waals surface area contributed by atoms with E-state index in [4.69, 9.17) is 4.52 Å². The molecule has 0 N–H and O–H groups in total. The molecule has 0 saturated heterocycles. The predicted molar refractivity (Wildman–Crippen MR) is 51.6 cm³/mol. The molecule has 1 aromatic heterocycles. The molecule has 72 valence electrons. The first-order valence-electron chi connectivity index (χ1n) is 4.01. The molecule has 1 aliphatic rings. The Morgan fingerprint density at radius 2 is 2.38 bits per heavy atom. The van der Waals surface area contributed by atoms with Crippen LogP contribution < -0.4 is 0 Å². The number of hydrogen-bond donors (Lipinski definition) is 0. The normalized spacial score (nSPS) is 17.8. The Labute approximate surface area is 83.0 Å². The first kappa shape index (κ1) is 10.2. The number of likely N-dealkylation sites (N-methyl/N-ethyl adjacent to an activating group) is 1. The van der Waals surface area contributed by atoms with Gasteiger partial charge in [0, 0.05) is 18.7 Å². The second-order valence-electron chi connectivity index (χ2n) is 3.00. The molecule has 0 fully saturated rings. The van der Waals surface area contributed by atoms with E-state index in [1.165, 1.54) is 6.33 Å². The Morgan fingerprint density at radius 1 is 1.54 bits per heavy atom. The molecule has 0 saturated carbocycles. The minimum atomic E-state index is 0. The van der Waals surface area contributed by atoms with Gasteiger partial charge in [-0.15, -0.1) is 12.4 Å². The van der Waals surface area contributed by atoms with Crippen molar-refractivity contribution in [2.75, 3.05) is 20.1 Å². The van der Waals surface area contributed by atoms with Crippen LogP contribution in [0.25, 0.3) is 5.57 Å². The van der Waals surface area contributed by atoms with E-state index in [1.54, 1.807) is 0 Å². The summed E-state index contributed by atoms with van der Waals surface area (Å²) >= 11 is 0. The van der Waals surface area contributed by atoms with Crippen LogP contribution in [0.5, 0.6) is 0 Å². The third kappa shape index (κ3) is 2.29. The van der Waals surface area contributed by atoms with Gasteiger partial charge in [0.25, 0.3) is 5.89 Å². The highest BCUT2D eigenvalue weighted by molar-refractivity contribution is 5.85. The molecule has 5 heteroatoms. The van der Waals surface area contributed by atoms with Gasteiger partial charge in [-0.3, -0.25) is 0 Å². The Morgan fingerprint density at radius 3 is 3.00 bits per heavy atom. The van der Waals surface area contributed by atoms with Gasteiger partial charge in [0.1, 0.15) is 0 Å². The van der Waals surface area contributed by atoms with Crippen molar-refractivity contribution in [3.05, 3.63) is 18.3 Å². The van der Waals surface area contributed by atoms with Crippen molar-refractivity contribution in [2.45, 2.75) is 6.42 Å². The number of hydrogen-bond acceptors (Lipinski definition) is 4. The number of nitrogens with zero attached hydrogens (tertiary/aromatic N) is 3. The van der Waals surface area contributed by atoms with E-state index < -0.39 is 0 Å². The molecule has 0 bridgehead atoms. The minimum absolute atomic E-state index is 0. The molecule has 0 aliphatic carbocycles. The summed E-state index contributed by atoms with van der Waals surface area (Å²) in [5.74, 6) is 0.654. The fourth-order valence-corrected chi connectivity index (χ4v) is 1.36. The maximum Gasteiger partial charge on any atom is 0.254 e. The van der Waals surface area contributed by atoms with Crippen molar-refractivity contribution in [3.8, 4) is 0 Å². The van der Waals surface area contributed by atoms with E-state index in [9.17, 15) is 0 Å². The van der Waals surface area contributed by atoms with Gasteiger partial charge in [-0.2, -0.15) is 4.98 Å². The molecular weight excluding hydrogens is 190 g/mol. The zero-order valence-corrected chi connectivity index (χ0v) is 8.25. The number of rotatable bonds is 1. The van der Waals surface area contributed by atoms with Crippen LogP contribution in [0.4, 0.5) is 0 Å². The standard InChI is InChI=1S/C8H11N3O.ClH/c1-11-4-2-3-7(5-11)8-9-6-10-12-8;/h3,6H,2,4-5H2,1H3;1H. The lowest BCUT2D eigenvalue weighted by Crippen LogP contribution is -2.24. The van der Waals surface area contributed by atoms with Crippen molar-refractivity contribution >= 4 is 18.0 Å². The molecular formula is C8H12ClN3O. The fourth-order valence-electron chi connectivity index (χ4n) is 1.36. The molecule has 4 nitrogen and oxygen atoms in total. The van der Waals surface area contributed by atoms with Crippen molar-refractivity contribution in [3.63, 3.8) is 0 Å². The summed E-state index contributed by atoms with van der Waals surface area (Å²) in [6.45, 7) is 2.01. The highest BCUT2D eigenvalue weighted by Gasteiger charge is 2.13. The van der Waals surface area contributed by atoms with E-state index in [0.29, 0.717) is 5.89 Å². The zero-order valence-electron chi connectivity index (χ0n) is 7.43. The molecule has 2 rings (SSSR count). The molecule has 0 unspecified atom stereocenters. The van der Waals surface area contributed by atoms with Gasteiger partial charge in [0.2, 0.25) is 0 Å². The lowest BCUT2D eigenvalue weighted by Gasteiger charge is -2.20. The van der Waals surface area contributed by atoms with Gasteiger partial charge in [0.15, 0.2) is 6.33 Å². The van der Waals surface area contributed by atoms with Crippen LogP contribution in [-0.2, 0) is 0 Å². The SMILES string of the molecule is CN1CCC=C(c2ncno2)C1.Cl. The Hall–Kier alpha value is -0.870. The first-order valence-corrected chi connectivity index (χ1v) is 4.01. The number of halogens is 1. The van der Waals surface area contributed by atoms with Crippen LogP contribution in [0, 0.1) is 0 Å². The summed E-state index contributed by atoms with van der Waals surface area (Å²) in [5.41, 5.74) is 1.14. The maximum absolute atomic E-state index is 4.97. The van der Waals surface area contributed by atoms with Crippen LogP contribution in [0.3, 0.4) is 0 Å². The van der Waals surface area contributed by atoms with Crippen LogP contribution in [0.2, 0.25) is 0 Å². The van der Waals surface area contributed by atoms with Crippen molar-refractivity contribution < 1.29 is 4.52 Å². The van der Waals surface area contributed by atoms with Gasteiger partial charge in [-0.05, 0) is 13.5 Å². The summed E-state index contributed by atoms with van der Waals surface area (Å²) in [4.78, 5) is 6.24. The second-order valence-corrected chi connectivity index (χ2v) is 3.00. The smallest absolute Gasteiger partial charge is 0.254 e. The lowest BCUT2D eigenvalue weighted by atomic mass is 10.1. The van der Waals surface area contributed by atoms with E-state index in [-0.39, 0.29) is 12.4 Å². The molecule has 1 aliphatic heterocycles. The molecule has 0 amide bonds. The maximum atomic E-state index is 4.97. The molecule has 1 aromatic rings.